The van der Waals surface area contributed by atoms with Crippen LogP contribution in [0.4, 0.5) is 0 Å². The fourth-order valence-corrected chi connectivity index (χ4v) is 3.32. The third kappa shape index (κ3) is 6.74. The predicted molar refractivity (Wildman–Crippen MR) is 113 cm³/mol. The standard InChI is InChI=1S/C21H32N6O2/c1-3-20-26-24-16-27(20)13-11-22-21(25-17(2)19-10-7-14-29-19)23-12-15-28-18-8-5-4-6-9-18/h4-6,8-9,16-17,19H,3,7,10-15H2,1-2H3,(H2,22,23,25). The Morgan fingerprint density at radius 1 is 1.38 bits per heavy atom. The number of ether oxygens (including phenoxy) is 2. The SMILES string of the molecule is CCc1nncn1CCN=C(NCCOc1ccccc1)NC(C)C1CCCO1. The first-order chi connectivity index (χ1) is 14.3. The van der Waals surface area contributed by atoms with E-state index in [1.54, 1.807) is 6.33 Å². The van der Waals surface area contributed by atoms with Gasteiger partial charge < -0.3 is 24.7 Å². The number of aryl methyl sites for hydroxylation is 1. The average molecular weight is 401 g/mol. The molecule has 2 atom stereocenters. The molecule has 1 aliphatic rings. The molecule has 1 aliphatic heterocycles. The van der Waals surface area contributed by atoms with Crippen LogP contribution in [-0.4, -0.2) is 59.2 Å². The Labute approximate surface area is 172 Å². The van der Waals surface area contributed by atoms with Crippen LogP contribution in [0.3, 0.4) is 0 Å². The van der Waals surface area contributed by atoms with Gasteiger partial charge in [-0.05, 0) is 31.9 Å². The number of aromatic nitrogens is 3. The second-order valence-electron chi connectivity index (χ2n) is 7.10. The molecular formula is C21H32N6O2. The van der Waals surface area contributed by atoms with E-state index in [1.165, 1.54) is 0 Å². The van der Waals surface area contributed by atoms with Crippen molar-refractivity contribution in [3.63, 3.8) is 0 Å². The van der Waals surface area contributed by atoms with Crippen LogP contribution in [0.5, 0.6) is 5.75 Å². The molecule has 0 bridgehead atoms. The molecule has 158 valence electrons. The number of nitrogens with zero attached hydrogens (tertiary/aromatic N) is 4. The summed E-state index contributed by atoms with van der Waals surface area (Å²) in [7, 11) is 0. The number of hydrogen-bond acceptors (Lipinski definition) is 5. The van der Waals surface area contributed by atoms with E-state index in [4.69, 9.17) is 14.5 Å². The van der Waals surface area contributed by atoms with Crippen molar-refractivity contribution >= 4 is 5.96 Å². The predicted octanol–water partition coefficient (Wildman–Crippen LogP) is 2.02. The highest BCUT2D eigenvalue weighted by molar-refractivity contribution is 5.80. The molecule has 8 nitrogen and oxygen atoms in total. The molecule has 0 radical (unpaired) electrons. The van der Waals surface area contributed by atoms with Crippen molar-refractivity contribution in [3.05, 3.63) is 42.5 Å². The van der Waals surface area contributed by atoms with Gasteiger partial charge in [-0.1, -0.05) is 25.1 Å². The third-order valence-electron chi connectivity index (χ3n) is 4.92. The highest BCUT2D eigenvalue weighted by Gasteiger charge is 2.23. The van der Waals surface area contributed by atoms with Gasteiger partial charge in [-0.25, -0.2) is 0 Å². The second kappa shape index (κ2) is 11.4. The lowest BCUT2D eigenvalue weighted by Crippen LogP contribution is -2.48. The fourth-order valence-electron chi connectivity index (χ4n) is 3.32. The van der Waals surface area contributed by atoms with Crippen molar-refractivity contribution < 1.29 is 9.47 Å². The Bertz CT molecular complexity index is 743. The van der Waals surface area contributed by atoms with Crippen LogP contribution in [0.1, 0.15) is 32.5 Å². The number of para-hydroxylation sites is 1. The van der Waals surface area contributed by atoms with Crippen molar-refractivity contribution in [3.8, 4) is 5.75 Å². The molecule has 2 heterocycles. The van der Waals surface area contributed by atoms with E-state index in [0.717, 1.165) is 49.9 Å². The lowest BCUT2D eigenvalue weighted by molar-refractivity contribution is 0.0890. The topological polar surface area (TPSA) is 85.6 Å². The van der Waals surface area contributed by atoms with E-state index in [0.29, 0.717) is 19.7 Å². The first-order valence-electron chi connectivity index (χ1n) is 10.5. The number of aliphatic imine (C=N–C) groups is 1. The molecule has 2 unspecified atom stereocenters. The van der Waals surface area contributed by atoms with Gasteiger partial charge in [0.05, 0.1) is 25.2 Å². The van der Waals surface area contributed by atoms with Gasteiger partial charge in [-0.3, -0.25) is 4.99 Å². The van der Waals surface area contributed by atoms with Gasteiger partial charge in [-0.15, -0.1) is 10.2 Å². The van der Waals surface area contributed by atoms with Crippen molar-refractivity contribution in [2.24, 2.45) is 4.99 Å². The second-order valence-corrected chi connectivity index (χ2v) is 7.10. The van der Waals surface area contributed by atoms with Crippen molar-refractivity contribution in [2.45, 2.75) is 51.8 Å². The number of guanidine groups is 1. The minimum Gasteiger partial charge on any atom is -0.492 e. The lowest BCUT2D eigenvalue weighted by Gasteiger charge is -2.23. The van der Waals surface area contributed by atoms with Crippen LogP contribution < -0.4 is 15.4 Å². The molecule has 1 aromatic carbocycles. The van der Waals surface area contributed by atoms with E-state index in [2.05, 4.69) is 34.7 Å². The van der Waals surface area contributed by atoms with E-state index in [1.807, 2.05) is 34.9 Å². The van der Waals surface area contributed by atoms with E-state index in [9.17, 15) is 0 Å². The van der Waals surface area contributed by atoms with Crippen molar-refractivity contribution in [1.82, 2.24) is 25.4 Å². The van der Waals surface area contributed by atoms with Gasteiger partial charge in [0, 0.05) is 19.6 Å². The maximum Gasteiger partial charge on any atom is 0.191 e. The summed E-state index contributed by atoms with van der Waals surface area (Å²) in [4.78, 5) is 4.74. The van der Waals surface area contributed by atoms with Gasteiger partial charge in [0.15, 0.2) is 5.96 Å². The molecule has 2 aromatic rings. The summed E-state index contributed by atoms with van der Waals surface area (Å²) in [6, 6.07) is 10.0. The Hall–Kier alpha value is -2.61. The normalized spacial score (nSPS) is 17.9. The molecule has 3 rings (SSSR count). The largest absolute Gasteiger partial charge is 0.492 e. The molecule has 1 saturated heterocycles. The molecule has 29 heavy (non-hydrogen) atoms. The Balaban J connectivity index is 1.51. The minimum atomic E-state index is 0.194. The van der Waals surface area contributed by atoms with Gasteiger partial charge >= 0.3 is 0 Å². The Morgan fingerprint density at radius 3 is 3.00 bits per heavy atom. The summed E-state index contributed by atoms with van der Waals surface area (Å²) in [6.45, 7) is 7.66. The summed E-state index contributed by atoms with van der Waals surface area (Å²) in [5, 5.41) is 15.0. The zero-order valence-electron chi connectivity index (χ0n) is 17.4. The molecule has 0 amide bonds. The molecule has 0 aliphatic carbocycles. The highest BCUT2D eigenvalue weighted by atomic mass is 16.5. The molecule has 8 heteroatoms. The smallest absolute Gasteiger partial charge is 0.191 e. The average Bonchev–Trinajstić information content (AvgIpc) is 3.43. The van der Waals surface area contributed by atoms with E-state index >= 15 is 0 Å². The van der Waals surface area contributed by atoms with Crippen molar-refractivity contribution in [1.29, 1.82) is 0 Å². The molecule has 1 aromatic heterocycles. The Kier molecular flexibility index (Phi) is 8.30. The van der Waals surface area contributed by atoms with Gasteiger partial charge in [0.25, 0.3) is 0 Å². The van der Waals surface area contributed by atoms with Crippen LogP contribution in [-0.2, 0) is 17.7 Å². The fraction of sp³-hybridized carbons (Fsp3) is 0.571. The molecular weight excluding hydrogens is 368 g/mol. The quantitative estimate of drug-likeness (QED) is 0.361. The molecule has 2 N–H and O–H groups in total. The van der Waals surface area contributed by atoms with Gasteiger partial charge in [0.1, 0.15) is 24.5 Å². The summed E-state index contributed by atoms with van der Waals surface area (Å²) in [5.41, 5.74) is 0. The van der Waals surface area contributed by atoms with Gasteiger partial charge in [-0.2, -0.15) is 0 Å². The third-order valence-corrected chi connectivity index (χ3v) is 4.92. The van der Waals surface area contributed by atoms with Gasteiger partial charge in [0.2, 0.25) is 0 Å². The summed E-state index contributed by atoms with van der Waals surface area (Å²) < 4.78 is 13.6. The molecule has 1 fully saturated rings. The maximum atomic E-state index is 5.80. The zero-order valence-corrected chi connectivity index (χ0v) is 17.4. The van der Waals surface area contributed by atoms with E-state index < -0.39 is 0 Å². The van der Waals surface area contributed by atoms with Crippen LogP contribution in [0, 0.1) is 0 Å². The monoisotopic (exact) mass is 400 g/mol. The van der Waals surface area contributed by atoms with Crippen LogP contribution in [0.15, 0.2) is 41.7 Å². The van der Waals surface area contributed by atoms with Crippen molar-refractivity contribution in [2.75, 3.05) is 26.3 Å². The van der Waals surface area contributed by atoms with Crippen LogP contribution in [0.25, 0.3) is 0 Å². The van der Waals surface area contributed by atoms with Crippen LogP contribution in [0.2, 0.25) is 0 Å². The maximum absolute atomic E-state index is 5.80. The van der Waals surface area contributed by atoms with Crippen LogP contribution >= 0.6 is 0 Å². The first kappa shape index (κ1) is 21.1. The Morgan fingerprint density at radius 2 is 2.24 bits per heavy atom. The first-order valence-corrected chi connectivity index (χ1v) is 10.5. The number of benzene rings is 1. The molecule has 0 spiro atoms. The lowest BCUT2D eigenvalue weighted by atomic mass is 10.1. The minimum absolute atomic E-state index is 0.194. The number of hydrogen-bond donors (Lipinski definition) is 2. The molecule has 0 saturated carbocycles. The van der Waals surface area contributed by atoms with E-state index in [-0.39, 0.29) is 12.1 Å². The summed E-state index contributed by atoms with van der Waals surface area (Å²) in [6.07, 6.45) is 5.05. The number of rotatable bonds is 10. The number of nitrogens with one attached hydrogen (secondary N) is 2. The summed E-state index contributed by atoms with van der Waals surface area (Å²) in [5.74, 6) is 2.62. The highest BCUT2D eigenvalue weighted by Crippen LogP contribution is 2.15. The summed E-state index contributed by atoms with van der Waals surface area (Å²) >= 11 is 0. The zero-order chi connectivity index (χ0) is 20.3.